The number of phenols is 3. The molecule has 240 valence electrons. The summed E-state index contributed by atoms with van der Waals surface area (Å²) in [6, 6.07) is 6.75. The number of rotatable bonds is 19. The van der Waals surface area contributed by atoms with Gasteiger partial charge in [0.05, 0.1) is 6.10 Å². The largest absolute Gasteiger partial charge is 0.507 e. The highest BCUT2D eigenvalue weighted by Crippen LogP contribution is 2.39. The van der Waals surface area contributed by atoms with E-state index >= 15 is 0 Å². The maximum atomic E-state index is 13.6. The van der Waals surface area contributed by atoms with Crippen molar-refractivity contribution in [3.05, 3.63) is 64.9 Å². The number of unbranched alkanes of at least 4 members (excludes halogenated alkanes) is 8. The standard InChI is InChI=1S/C36H48O8/c1-4-5-6-7-8-9-10-11-12-13-14-15-16-17-18-19-32(40)44-36-34(41)33-30(39)23-27(42-25(2)3)24-31(33)43-35(36)26-20-21-28(37)29(38)22-26/h8-9,11-12,20-25,32,37-40H,4-7,10,13-19H2,1-3H3/b9-8-,12-11-. The zero-order valence-corrected chi connectivity index (χ0v) is 26.3. The molecule has 3 aromatic rings. The number of fused-ring (bicyclic) bond motifs is 1. The van der Waals surface area contributed by atoms with E-state index in [1.807, 2.05) is 13.8 Å². The third-order valence-electron chi connectivity index (χ3n) is 7.17. The first-order valence-electron chi connectivity index (χ1n) is 15.9. The molecule has 0 amide bonds. The number of aliphatic hydroxyl groups excluding tert-OH is 1. The summed E-state index contributed by atoms with van der Waals surface area (Å²) in [5, 5.41) is 41.1. The van der Waals surface area contributed by atoms with Crippen LogP contribution in [-0.2, 0) is 0 Å². The summed E-state index contributed by atoms with van der Waals surface area (Å²) in [6.07, 6.45) is 19.7. The number of phenolic OH excluding ortho intramolecular Hbond substituents is 3. The van der Waals surface area contributed by atoms with Crippen LogP contribution in [0.5, 0.6) is 28.7 Å². The summed E-state index contributed by atoms with van der Waals surface area (Å²) in [5.74, 6) is -1.15. The molecule has 8 heteroatoms. The Morgan fingerprint density at radius 1 is 0.795 bits per heavy atom. The molecule has 1 aromatic heterocycles. The van der Waals surface area contributed by atoms with Gasteiger partial charge in [-0.1, -0.05) is 63.3 Å². The molecule has 0 radical (unpaired) electrons. The van der Waals surface area contributed by atoms with Crippen LogP contribution in [0.15, 0.2) is 63.8 Å². The van der Waals surface area contributed by atoms with Gasteiger partial charge in [-0.25, -0.2) is 0 Å². The number of hydrogen-bond donors (Lipinski definition) is 4. The van der Waals surface area contributed by atoms with Crippen molar-refractivity contribution in [1.82, 2.24) is 0 Å². The molecule has 0 saturated heterocycles. The molecule has 0 aliphatic heterocycles. The Kier molecular flexibility index (Phi) is 14.2. The van der Waals surface area contributed by atoms with Gasteiger partial charge >= 0.3 is 0 Å². The number of hydrogen-bond acceptors (Lipinski definition) is 8. The molecular formula is C36H48O8. The minimum Gasteiger partial charge on any atom is -0.507 e. The highest BCUT2D eigenvalue weighted by Gasteiger charge is 2.24. The minimum atomic E-state index is -1.29. The lowest BCUT2D eigenvalue weighted by Crippen LogP contribution is -2.20. The van der Waals surface area contributed by atoms with Gasteiger partial charge in [-0.15, -0.1) is 0 Å². The van der Waals surface area contributed by atoms with Crippen LogP contribution in [0.2, 0.25) is 0 Å². The van der Waals surface area contributed by atoms with Gasteiger partial charge in [-0.05, 0) is 70.6 Å². The predicted octanol–water partition coefficient (Wildman–Crippen LogP) is 8.87. The molecule has 1 unspecified atom stereocenters. The van der Waals surface area contributed by atoms with Crippen molar-refractivity contribution in [3.63, 3.8) is 0 Å². The van der Waals surface area contributed by atoms with E-state index in [1.165, 1.54) is 56.0 Å². The van der Waals surface area contributed by atoms with Gasteiger partial charge in [0.15, 0.2) is 23.5 Å². The fourth-order valence-electron chi connectivity index (χ4n) is 4.89. The van der Waals surface area contributed by atoms with Gasteiger partial charge in [0.2, 0.25) is 11.2 Å². The van der Waals surface area contributed by atoms with E-state index in [0.717, 1.165) is 38.5 Å². The molecule has 4 N–H and O–H groups in total. The van der Waals surface area contributed by atoms with Crippen LogP contribution in [0, 0.1) is 0 Å². The van der Waals surface area contributed by atoms with Crippen molar-refractivity contribution in [3.8, 4) is 40.1 Å². The van der Waals surface area contributed by atoms with E-state index in [1.54, 1.807) is 0 Å². The maximum absolute atomic E-state index is 13.6. The zero-order valence-electron chi connectivity index (χ0n) is 26.3. The number of aliphatic hydroxyl groups is 1. The fourth-order valence-corrected chi connectivity index (χ4v) is 4.89. The van der Waals surface area contributed by atoms with E-state index in [0.29, 0.717) is 18.6 Å². The molecule has 1 atom stereocenters. The Balaban J connectivity index is 1.59. The molecule has 3 rings (SSSR count). The third-order valence-corrected chi connectivity index (χ3v) is 7.17. The smallest absolute Gasteiger partial charge is 0.239 e. The van der Waals surface area contributed by atoms with Crippen molar-refractivity contribution in [1.29, 1.82) is 0 Å². The van der Waals surface area contributed by atoms with E-state index in [-0.39, 0.29) is 45.6 Å². The van der Waals surface area contributed by atoms with Crippen molar-refractivity contribution in [2.24, 2.45) is 0 Å². The zero-order chi connectivity index (χ0) is 31.9. The van der Waals surface area contributed by atoms with Crippen LogP contribution in [0.3, 0.4) is 0 Å². The highest BCUT2D eigenvalue weighted by molar-refractivity contribution is 5.88. The molecule has 44 heavy (non-hydrogen) atoms. The topological polar surface area (TPSA) is 130 Å². The summed E-state index contributed by atoms with van der Waals surface area (Å²) in [6.45, 7) is 5.87. The van der Waals surface area contributed by atoms with Crippen LogP contribution in [0.4, 0.5) is 0 Å². The van der Waals surface area contributed by atoms with Crippen LogP contribution in [0.25, 0.3) is 22.3 Å². The minimum absolute atomic E-state index is 0.0452. The molecule has 2 aromatic carbocycles. The number of benzene rings is 2. The third kappa shape index (κ3) is 10.7. The lowest BCUT2D eigenvalue weighted by Gasteiger charge is -2.17. The molecule has 0 spiro atoms. The summed E-state index contributed by atoms with van der Waals surface area (Å²) in [5.41, 5.74) is -0.390. The summed E-state index contributed by atoms with van der Waals surface area (Å²) >= 11 is 0. The lowest BCUT2D eigenvalue weighted by atomic mass is 10.1. The van der Waals surface area contributed by atoms with Gasteiger partial charge in [-0.2, -0.15) is 0 Å². The van der Waals surface area contributed by atoms with Gasteiger partial charge in [-0.3, -0.25) is 4.79 Å². The van der Waals surface area contributed by atoms with E-state index in [4.69, 9.17) is 13.9 Å². The molecule has 0 aliphatic rings. The second-order valence-corrected chi connectivity index (χ2v) is 11.4. The van der Waals surface area contributed by atoms with Crippen molar-refractivity contribution in [2.45, 2.75) is 110 Å². The molecular weight excluding hydrogens is 560 g/mol. The highest BCUT2D eigenvalue weighted by atomic mass is 16.6. The first-order chi connectivity index (χ1) is 21.2. The van der Waals surface area contributed by atoms with Gasteiger partial charge in [0.25, 0.3) is 0 Å². The summed E-state index contributed by atoms with van der Waals surface area (Å²) in [4.78, 5) is 13.6. The maximum Gasteiger partial charge on any atom is 0.239 e. The Morgan fingerprint density at radius 2 is 1.48 bits per heavy atom. The predicted molar refractivity (Wildman–Crippen MR) is 175 cm³/mol. The molecule has 0 fully saturated rings. The molecule has 1 heterocycles. The first kappa shape index (κ1) is 34.6. The second-order valence-electron chi connectivity index (χ2n) is 11.4. The van der Waals surface area contributed by atoms with Crippen LogP contribution < -0.4 is 14.9 Å². The lowest BCUT2D eigenvalue weighted by molar-refractivity contribution is -0.0257. The van der Waals surface area contributed by atoms with Crippen LogP contribution in [0.1, 0.15) is 97.8 Å². The first-order valence-corrected chi connectivity index (χ1v) is 15.9. The Morgan fingerprint density at radius 3 is 2.16 bits per heavy atom. The Hall–Kier alpha value is -3.91. The molecule has 8 nitrogen and oxygen atoms in total. The monoisotopic (exact) mass is 608 g/mol. The molecule has 0 aliphatic carbocycles. The Labute approximate surface area is 260 Å². The van der Waals surface area contributed by atoms with Gasteiger partial charge in [0.1, 0.15) is 22.5 Å². The Bertz CT molecular complexity index is 1440. The number of allylic oxidation sites excluding steroid dienone is 4. The fraction of sp³-hybridized carbons (Fsp3) is 0.472. The van der Waals surface area contributed by atoms with Crippen molar-refractivity contribution in [2.75, 3.05) is 0 Å². The average molecular weight is 609 g/mol. The van der Waals surface area contributed by atoms with Gasteiger partial charge in [0, 0.05) is 24.1 Å². The van der Waals surface area contributed by atoms with Crippen molar-refractivity contribution >= 4 is 11.0 Å². The quantitative estimate of drug-likeness (QED) is 0.0459. The van der Waals surface area contributed by atoms with E-state index in [2.05, 4.69) is 31.2 Å². The SMILES string of the molecule is CCCCC/C=C\C/C=C\CCCCCCCC(O)Oc1c(-c2ccc(O)c(O)c2)oc2cc(OC(C)C)cc(O)c2c1=O. The number of aromatic hydroxyl groups is 3. The molecule has 0 bridgehead atoms. The normalized spacial score (nSPS) is 12.6. The molecule has 0 saturated carbocycles. The van der Waals surface area contributed by atoms with Gasteiger partial charge < -0.3 is 34.3 Å². The average Bonchev–Trinajstić information content (AvgIpc) is 2.97. The van der Waals surface area contributed by atoms with Crippen molar-refractivity contribution < 1.29 is 34.3 Å². The number of ether oxygens (including phenoxy) is 2. The van der Waals surface area contributed by atoms with E-state index < -0.39 is 17.5 Å². The van der Waals surface area contributed by atoms with Crippen LogP contribution >= 0.6 is 0 Å². The van der Waals surface area contributed by atoms with E-state index in [9.17, 15) is 25.2 Å². The summed E-state index contributed by atoms with van der Waals surface area (Å²) < 4.78 is 17.4. The summed E-state index contributed by atoms with van der Waals surface area (Å²) in [7, 11) is 0. The van der Waals surface area contributed by atoms with Crippen LogP contribution in [-0.4, -0.2) is 32.8 Å². The second kappa shape index (κ2) is 18.0.